The van der Waals surface area contributed by atoms with E-state index in [4.69, 9.17) is 4.74 Å². The minimum Gasteiger partial charge on any atom is -0.463 e. The van der Waals surface area contributed by atoms with Gasteiger partial charge in [0.15, 0.2) is 0 Å². The third-order valence-corrected chi connectivity index (χ3v) is 4.63. The van der Waals surface area contributed by atoms with Gasteiger partial charge in [0, 0.05) is 19.4 Å². The Bertz CT molecular complexity index is 541. The Hall–Kier alpha value is -1.40. The average Bonchev–Trinajstić information content (AvgIpc) is 2.76. The zero-order chi connectivity index (χ0) is 13.9. The van der Waals surface area contributed by atoms with Crippen LogP contribution in [0.15, 0.2) is 35.2 Å². The van der Waals surface area contributed by atoms with Crippen molar-refractivity contribution in [3.8, 4) is 0 Å². The normalized spacial score (nSPS) is 23.2. The van der Waals surface area contributed by atoms with Crippen molar-refractivity contribution in [3.05, 3.63) is 30.3 Å². The van der Waals surface area contributed by atoms with Crippen molar-refractivity contribution < 1.29 is 17.9 Å². The van der Waals surface area contributed by atoms with Gasteiger partial charge in [0.25, 0.3) is 0 Å². The summed E-state index contributed by atoms with van der Waals surface area (Å²) in [4.78, 5) is 11.1. The van der Waals surface area contributed by atoms with Gasteiger partial charge in [-0.25, -0.2) is 13.1 Å². The zero-order valence-corrected chi connectivity index (χ0v) is 11.5. The highest BCUT2D eigenvalue weighted by molar-refractivity contribution is 7.89. The summed E-state index contributed by atoms with van der Waals surface area (Å²) in [5.41, 5.74) is 0. The number of esters is 1. The molecule has 2 rings (SSSR count). The number of carbonyl (C=O) groups is 1. The van der Waals surface area contributed by atoms with E-state index in [1.807, 2.05) is 0 Å². The lowest BCUT2D eigenvalue weighted by Crippen LogP contribution is -2.33. The van der Waals surface area contributed by atoms with Crippen LogP contribution in [0.1, 0.15) is 26.2 Å². The second-order valence-electron chi connectivity index (χ2n) is 4.68. The van der Waals surface area contributed by atoms with Crippen LogP contribution in [0.2, 0.25) is 0 Å². The molecule has 0 spiro atoms. The molecule has 5 nitrogen and oxygen atoms in total. The van der Waals surface area contributed by atoms with E-state index in [1.54, 1.807) is 30.3 Å². The summed E-state index contributed by atoms with van der Waals surface area (Å²) in [7, 11) is -3.49. The Morgan fingerprint density at radius 1 is 1.26 bits per heavy atom. The van der Waals surface area contributed by atoms with Gasteiger partial charge in [0.05, 0.1) is 4.90 Å². The van der Waals surface area contributed by atoms with Crippen LogP contribution in [0.25, 0.3) is 0 Å². The molecule has 1 unspecified atom stereocenters. The lowest BCUT2D eigenvalue weighted by atomic mass is 10.3. The molecule has 0 saturated heterocycles. The number of hydrogen-bond donors (Lipinski definition) is 1. The van der Waals surface area contributed by atoms with Crippen LogP contribution in [0.5, 0.6) is 0 Å². The summed E-state index contributed by atoms with van der Waals surface area (Å²) in [6, 6.07) is 8.08. The fourth-order valence-electron chi connectivity index (χ4n) is 2.28. The van der Waals surface area contributed by atoms with Gasteiger partial charge < -0.3 is 4.74 Å². The minimum atomic E-state index is -3.49. The van der Waals surface area contributed by atoms with E-state index in [2.05, 4.69) is 4.72 Å². The molecule has 1 aromatic carbocycles. The molecular formula is C13H17NO4S. The van der Waals surface area contributed by atoms with Gasteiger partial charge in [-0.05, 0) is 25.0 Å². The molecule has 0 aliphatic heterocycles. The SMILES string of the molecule is CC(=O)O[C@H]1CCC(NS(=O)(=O)c2ccccc2)C1. The summed E-state index contributed by atoms with van der Waals surface area (Å²) in [5.74, 6) is -0.323. The maximum absolute atomic E-state index is 12.1. The number of benzene rings is 1. The first-order chi connectivity index (χ1) is 8.97. The molecule has 1 aliphatic rings. The molecule has 1 N–H and O–H groups in total. The van der Waals surface area contributed by atoms with Crippen LogP contribution in [0, 0.1) is 0 Å². The molecule has 104 valence electrons. The van der Waals surface area contributed by atoms with Gasteiger partial charge in [-0.3, -0.25) is 4.79 Å². The molecule has 0 bridgehead atoms. The van der Waals surface area contributed by atoms with E-state index < -0.39 is 10.0 Å². The maximum Gasteiger partial charge on any atom is 0.302 e. The third kappa shape index (κ3) is 3.78. The monoisotopic (exact) mass is 283 g/mol. The van der Waals surface area contributed by atoms with Gasteiger partial charge in [-0.15, -0.1) is 0 Å². The first kappa shape index (κ1) is 14.0. The molecule has 6 heteroatoms. The van der Waals surface area contributed by atoms with Gasteiger partial charge in [-0.2, -0.15) is 0 Å². The largest absolute Gasteiger partial charge is 0.463 e. The standard InChI is InChI=1S/C13H17NO4S/c1-10(15)18-12-8-7-11(9-12)14-19(16,17)13-5-3-2-4-6-13/h2-6,11-12,14H,7-9H2,1H3/t11?,12-/m0/s1. The number of ether oxygens (including phenoxy) is 1. The Kier molecular flexibility index (Phi) is 4.21. The molecule has 0 aromatic heterocycles. The average molecular weight is 283 g/mol. The van der Waals surface area contributed by atoms with Crippen LogP contribution < -0.4 is 4.72 Å². The van der Waals surface area contributed by atoms with Crippen molar-refractivity contribution in [2.45, 2.75) is 43.2 Å². The summed E-state index contributed by atoms with van der Waals surface area (Å²) in [6.45, 7) is 1.36. The lowest BCUT2D eigenvalue weighted by molar-refractivity contribution is -0.145. The highest BCUT2D eigenvalue weighted by Gasteiger charge is 2.30. The quantitative estimate of drug-likeness (QED) is 0.849. The first-order valence-electron chi connectivity index (χ1n) is 6.22. The molecular weight excluding hydrogens is 266 g/mol. The summed E-state index contributed by atoms with van der Waals surface area (Å²) < 4.78 is 31.9. The second-order valence-corrected chi connectivity index (χ2v) is 6.39. The minimum absolute atomic E-state index is 0.172. The van der Waals surface area contributed by atoms with Crippen molar-refractivity contribution in [3.63, 3.8) is 0 Å². The number of rotatable bonds is 4. The maximum atomic E-state index is 12.1. The summed E-state index contributed by atoms with van der Waals surface area (Å²) in [5, 5.41) is 0. The molecule has 2 atom stereocenters. The van der Waals surface area contributed by atoms with Gasteiger partial charge in [0.1, 0.15) is 6.10 Å². The van der Waals surface area contributed by atoms with Crippen LogP contribution in [0.4, 0.5) is 0 Å². The predicted octanol–water partition coefficient (Wildman–Crippen LogP) is 1.45. The Morgan fingerprint density at radius 2 is 1.95 bits per heavy atom. The highest BCUT2D eigenvalue weighted by atomic mass is 32.2. The van der Waals surface area contributed by atoms with E-state index in [0.717, 1.165) is 0 Å². The topological polar surface area (TPSA) is 72.5 Å². The van der Waals surface area contributed by atoms with Crippen molar-refractivity contribution >= 4 is 16.0 Å². The van der Waals surface area contributed by atoms with Crippen molar-refractivity contribution in [2.75, 3.05) is 0 Å². The van der Waals surface area contributed by atoms with Gasteiger partial charge in [-0.1, -0.05) is 18.2 Å². The van der Waals surface area contributed by atoms with E-state index in [-0.39, 0.29) is 23.0 Å². The Balaban J connectivity index is 1.97. The lowest BCUT2D eigenvalue weighted by Gasteiger charge is -2.13. The number of hydrogen-bond acceptors (Lipinski definition) is 4. The molecule has 1 aliphatic carbocycles. The van der Waals surface area contributed by atoms with Crippen molar-refractivity contribution in [2.24, 2.45) is 0 Å². The van der Waals surface area contributed by atoms with E-state index >= 15 is 0 Å². The molecule has 1 saturated carbocycles. The first-order valence-corrected chi connectivity index (χ1v) is 7.70. The van der Waals surface area contributed by atoms with Crippen LogP contribution in [-0.4, -0.2) is 26.5 Å². The zero-order valence-electron chi connectivity index (χ0n) is 10.7. The van der Waals surface area contributed by atoms with Gasteiger partial charge >= 0.3 is 5.97 Å². The smallest absolute Gasteiger partial charge is 0.302 e. The third-order valence-electron chi connectivity index (χ3n) is 3.09. The fourth-order valence-corrected chi connectivity index (χ4v) is 3.58. The summed E-state index contributed by atoms with van der Waals surface area (Å²) in [6.07, 6.45) is 1.73. The highest BCUT2D eigenvalue weighted by Crippen LogP contribution is 2.23. The number of nitrogens with one attached hydrogen (secondary N) is 1. The summed E-state index contributed by atoms with van der Waals surface area (Å²) >= 11 is 0. The van der Waals surface area contributed by atoms with Crippen molar-refractivity contribution in [1.29, 1.82) is 0 Å². The van der Waals surface area contributed by atoms with E-state index in [1.165, 1.54) is 6.92 Å². The van der Waals surface area contributed by atoms with Crippen molar-refractivity contribution in [1.82, 2.24) is 4.72 Å². The number of sulfonamides is 1. The molecule has 1 fully saturated rings. The molecule has 19 heavy (non-hydrogen) atoms. The molecule has 0 heterocycles. The van der Waals surface area contributed by atoms with E-state index in [9.17, 15) is 13.2 Å². The fraction of sp³-hybridized carbons (Fsp3) is 0.462. The predicted molar refractivity (Wildman–Crippen MR) is 70.0 cm³/mol. The van der Waals surface area contributed by atoms with E-state index in [0.29, 0.717) is 19.3 Å². The van der Waals surface area contributed by atoms with Crippen LogP contribution >= 0.6 is 0 Å². The van der Waals surface area contributed by atoms with Gasteiger partial charge in [0.2, 0.25) is 10.0 Å². The molecule has 1 aromatic rings. The molecule has 0 radical (unpaired) electrons. The number of carbonyl (C=O) groups excluding carboxylic acids is 1. The van der Waals surface area contributed by atoms with Crippen LogP contribution in [0.3, 0.4) is 0 Å². The Morgan fingerprint density at radius 3 is 2.58 bits per heavy atom. The second kappa shape index (κ2) is 5.71. The Labute approximate surface area is 113 Å². The van der Waals surface area contributed by atoms with Crippen LogP contribution in [-0.2, 0) is 19.6 Å². The molecule has 0 amide bonds.